The zero-order valence-corrected chi connectivity index (χ0v) is 11.7. The lowest BCUT2D eigenvalue weighted by molar-refractivity contribution is 0.100. The van der Waals surface area contributed by atoms with E-state index in [2.05, 4.69) is 5.32 Å². The molecule has 0 aliphatic carbocycles. The Bertz CT molecular complexity index is 611. The zero-order chi connectivity index (χ0) is 14.5. The maximum absolute atomic E-state index is 11.4. The van der Waals surface area contributed by atoms with E-state index in [1.807, 2.05) is 24.3 Å². The number of hydrogen-bond donors (Lipinski definition) is 3. The van der Waals surface area contributed by atoms with Crippen LogP contribution in [0.5, 0.6) is 0 Å². The molecule has 0 aliphatic heterocycles. The Labute approximate surface area is 122 Å². The molecule has 2 aromatic rings. The van der Waals surface area contributed by atoms with E-state index in [1.165, 1.54) is 0 Å². The van der Waals surface area contributed by atoms with Crippen molar-refractivity contribution in [3.8, 4) is 0 Å². The number of carbonyl (C=O) groups excluding carboxylic acids is 1. The highest BCUT2D eigenvalue weighted by molar-refractivity contribution is 6.31. The van der Waals surface area contributed by atoms with E-state index >= 15 is 0 Å². The van der Waals surface area contributed by atoms with Gasteiger partial charge in [-0.15, -0.1) is 0 Å². The van der Waals surface area contributed by atoms with Crippen LogP contribution in [0.3, 0.4) is 0 Å². The van der Waals surface area contributed by atoms with Crippen LogP contribution >= 0.6 is 11.6 Å². The van der Waals surface area contributed by atoms with E-state index in [0.29, 0.717) is 29.4 Å². The van der Waals surface area contributed by atoms with Crippen LogP contribution in [0.4, 0.5) is 5.69 Å². The van der Waals surface area contributed by atoms with Crippen molar-refractivity contribution >= 4 is 23.2 Å². The number of rotatable bonds is 5. The van der Waals surface area contributed by atoms with Crippen molar-refractivity contribution in [1.29, 1.82) is 0 Å². The van der Waals surface area contributed by atoms with Gasteiger partial charge in [0.15, 0.2) is 0 Å². The van der Waals surface area contributed by atoms with Crippen molar-refractivity contribution in [2.45, 2.75) is 13.1 Å². The van der Waals surface area contributed by atoms with Crippen LogP contribution in [0.15, 0.2) is 42.5 Å². The molecule has 2 rings (SSSR count). The largest absolute Gasteiger partial charge is 0.380 e. The molecule has 5 N–H and O–H groups in total. The SMILES string of the molecule is NCc1ccc(CNc2cc(Cl)ccc2C(N)=O)cc1. The van der Waals surface area contributed by atoms with E-state index in [4.69, 9.17) is 23.1 Å². The number of nitrogens with two attached hydrogens (primary N) is 2. The summed E-state index contributed by atoms with van der Waals surface area (Å²) in [6.45, 7) is 1.10. The van der Waals surface area contributed by atoms with Gasteiger partial charge in [-0.25, -0.2) is 0 Å². The van der Waals surface area contributed by atoms with Crippen LogP contribution in [0.2, 0.25) is 5.02 Å². The van der Waals surface area contributed by atoms with Crippen LogP contribution < -0.4 is 16.8 Å². The quantitative estimate of drug-likeness (QED) is 0.791. The monoisotopic (exact) mass is 289 g/mol. The molecule has 1 amide bonds. The Kier molecular flexibility index (Phi) is 4.61. The lowest BCUT2D eigenvalue weighted by Crippen LogP contribution is -2.14. The van der Waals surface area contributed by atoms with E-state index in [0.717, 1.165) is 11.1 Å². The zero-order valence-electron chi connectivity index (χ0n) is 10.9. The average Bonchev–Trinajstić information content (AvgIpc) is 2.45. The van der Waals surface area contributed by atoms with Gasteiger partial charge in [0.1, 0.15) is 0 Å². The molecule has 0 saturated heterocycles. The highest BCUT2D eigenvalue weighted by Gasteiger charge is 2.08. The van der Waals surface area contributed by atoms with Crippen LogP contribution in [0.25, 0.3) is 0 Å². The Morgan fingerprint density at radius 3 is 2.35 bits per heavy atom. The smallest absolute Gasteiger partial charge is 0.250 e. The molecular weight excluding hydrogens is 274 g/mol. The summed E-state index contributed by atoms with van der Waals surface area (Å²) in [4.78, 5) is 11.4. The van der Waals surface area contributed by atoms with Gasteiger partial charge in [0.05, 0.1) is 5.56 Å². The predicted octanol–water partition coefficient (Wildman–Crippen LogP) is 2.51. The maximum atomic E-state index is 11.4. The van der Waals surface area contributed by atoms with E-state index < -0.39 is 5.91 Å². The first-order valence-corrected chi connectivity index (χ1v) is 6.59. The number of primary amides is 1. The highest BCUT2D eigenvalue weighted by atomic mass is 35.5. The van der Waals surface area contributed by atoms with Crippen LogP contribution in [-0.2, 0) is 13.1 Å². The fourth-order valence-electron chi connectivity index (χ4n) is 1.87. The Morgan fingerprint density at radius 1 is 1.10 bits per heavy atom. The van der Waals surface area contributed by atoms with E-state index in [-0.39, 0.29) is 0 Å². The van der Waals surface area contributed by atoms with Gasteiger partial charge >= 0.3 is 0 Å². The van der Waals surface area contributed by atoms with Crippen molar-refractivity contribution in [2.24, 2.45) is 11.5 Å². The lowest BCUT2D eigenvalue weighted by atomic mass is 10.1. The van der Waals surface area contributed by atoms with Gasteiger partial charge in [0, 0.05) is 23.8 Å². The molecule has 5 heteroatoms. The van der Waals surface area contributed by atoms with Gasteiger partial charge in [-0.3, -0.25) is 4.79 Å². The summed E-state index contributed by atoms with van der Waals surface area (Å²) in [7, 11) is 0. The summed E-state index contributed by atoms with van der Waals surface area (Å²) in [6.07, 6.45) is 0. The number of carbonyl (C=O) groups is 1. The molecule has 0 spiro atoms. The van der Waals surface area contributed by atoms with Crippen LogP contribution in [-0.4, -0.2) is 5.91 Å². The number of amides is 1. The molecular formula is C15H16ClN3O. The number of nitrogens with one attached hydrogen (secondary N) is 1. The molecule has 2 aromatic carbocycles. The number of benzene rings is 2. The van der Waals surface area contributed by atoms with Crippen molar-refractivity contribution in [1.82, 2.24) is 0 Å². The maximum Gasteiger partial charge on any atom is 0.250 e. The third kappa shape index (κ3) is 3.50. The van der Waals surface area contributed by atoms with E-state index in [1.54, 1.807) is 18.2 Å². The summed E-state index contributed by atoms with van der Waals surface area (Å²) in [6, 6.07) is 12.9. The molecule has 4 nitrogen and oxygen atoms in total. The Morgan fingerprint density at radius 2 is 1.75 bits per heavy atom. The molecule has 0 atom stereocenters. The van der Waals surface area contributed by atoms with Crippen molar-refractivity contribution in [3.63, 3.8) is 0 Å². The minimum atomic E-state index is -0.484. The van der Waals surface area contributed by atoms with Crippen molar-refractivity contribution in [2.75, 3.05) is 5.32 Å². The van der Waals surface area contributed by atoms with Gasteiger partial charge in [0.2, 0.25) is 0 Å². The standard InChI is InChI=1S/C15H16ClN3O/c16-12-5-6-13(15(18)20)14(7-12)19-9-11-3-1-10(8-17)2-4-11/h1-7,19H,8-9,17H2,(H2,18,20). The Hall–Kier alpha value is -2.04. The Balaban J connectivity index is 2.13. The topological polar surface area (TPSA) is 81.1 Å². The van der Waals surface area contributed by atoms with Crippen molar-refractivity contribution < 1.29 is 4.79 Å². The van der Waals surface area contributed by atoms with Crippen LogP contribution in [0.1, 0.15) is 21.5 Å². The normalized spacial score (nSPS) is 10.3. The van der Waals surface area contributed by atoms with Gasteiger partial charge in [0.25, 0.3) is 5.91 Å². The third-order valence-electron chi connectivity index (χ3n) is 2.99. The fraction of sp³-hybridized carbons (Fsp3) is 0.133. The first-order chi connectivity index (χ1) is 9.60. The molecule has 0 heterocycles. The molecule has 0 aromatic heterocycles. The molecule has 104 valence electrons. The molecule has 0 unspecified atom stereocenters. The van der Waals surface area contributed by atoms with Gasteiger partial charge in [-0.05, 0) is 29.3 Å². The van der Waals surface area contributed by atoms with Gasteiger partial charge < -0.3 is 16.8 Å². The molecule has 0 aliphatic rings. The second kappa shape index (κ2) is 6.41. The summed E-state index contributed by atoms with van der Waals surface area (Å²) < 4.78 is 0. The predicted molar refractivity (Wildman–Crippen MR) is 81.6 cm³/mol. The molecule has 0 bridgehead atoms. The van der Waals surface area contributed by atoms with Crippen molar-refractivity contribution in [3.05, 3.63) is 64.2 Å². The highest BCUT2D eigenvalue weighted by Crippen LogP contribution is 2.21. The molecule has 0 fully saturated rings. The summed E-state index contributed by atoms with van der Waals surface area (Å²) in [5.41, 5.74) is 14.1. The minimum absolute atomic E-state index is 0.424. The number of halogens is 1. The molecule has 20 heavy (non-hydrogen) atoms. The number of anilines is 1. The summed E-state index contributed by atoms with van der Waals surface area (Å²) in [5, 5.41) is 3.72. The second-order valence-corrected chi connectivity index (χ2v) is 4.86. The van der Waals surface area contributed by atoms with Gasteiger partial charge in [-0.2, -0.15) is 0 Å². The van der Waals surface area contributed by atoms with E-state index in [9.17, 15) is 4.79 Å². The summed E-state index contributed by atoms with van der Waals surface area (Å²) >= 11 is 5.94. The first kappa shape index (κ1) is 14.4. The van der Waals surface area contributed by atoms with Gasteiger partial charge in [-0.1, -0.05) is 35.9 Å². The minimum Gasteiger partial charge on any atom is -0.380 e. The summed E-state index contributed by atoms with van der Waals surface area (Å²) in [5.74, 6) is -0.484. The molecule has 0 radical (unpaired) electrons. The molecule has 0 saturated carbocycles. The first-order valence-electron chi connectivity index (χ1n) is 6.21. The number of hydrogen-bond acceptors (Lipinski definition) is 3. The lowest BCUT2D eigenvalue weighted by Gasteiger charge is -2.11. The third-order valence-corrected chi connectivity index (χ3v) is 3.22. The van der Waals surface area contributed by atoms with Crippen LogP contribution in [0, 0.1) is 0 Å². The average molecular weight is 290 g/mol. The second-order valence-electron chi connectivity index (χ2n) is 4.43. The fourth-order valence-corrected chi connectivity index (χ4v) is 2.04.